The molecule has 0 spiro atoms. The van der Waals surface area contributed by atoms with E-state index >= 15 is 0 Å². The molecule has 2 heteroatoms. The average molecular weight is 555 g/mol. The van der Waals surface area contributed by atoms with Gasteiger partial charge in [-0.1, -0.05) is 107 Å². The number of aryl methyl sites for hydroxylation is 1. The summed E-state index contributed by atoms with van der Waals surface area (Å²) in [6.45, 7) is 19.6. The van der Waals surface area contributed by atoms with Gasteiger partial charge in [0.15, 0.2) is 0 Å². The van der Waals surface area contributed by atoms with Crippen molar-refractivity contribution in [2.45, 2.75) is 48.0 Å². The molecule has 0 saturated heterocycles. The molecule has 0 aliphatic heterocycles. The molecule has 0 saturated carbocycles. The molecule has 0 radical (unpaired) electrons. The van der Waals surface area contributed by atoms with Gasteiger partial charge in [-0.3, -0.25) is 0 Å². The Bertz CT molecular complexity index is 1850. The molecule has 216 valence electrons. The van der Waals surface area contributed by atoms with Crippen LogP contribution in [0.2, 0.25) is 0 Å². The van der Waals surface area contributed by atoms with Crippen molar-refractivity contribution in [2.24, 2.45) is 7.05 Å². The molecule has 6 rings (SSSR count). The van der Waals surface area contributed by atoms with Crippen LogP contribution in [0.1, 0.15) is 48.0 Å². The van der Waals surface area contributed by atoms with Crippen LogP contribution in [0.15, 0.2) is 128 Å². The Kier molecular flexibility index (Phi) is 11.8. The molecule has 0 unspecified atom stereocenters. The van der Waals surface area contributed by atoms with Crippen molar-refractivity contribution >= 4 is 49.3 Å². The normalized spacial score (nSPS) is 11.1. The van der Waals surface area contributed by atoms with E-state index in [0.717, 1.165) is 5.70 Å². The van der Waals surface area contributed by atoms with Gasteiger partial charge in [0.05, 0.1) is 11.0 Å². The highest BCUT2D eigenvalue weighted by molar-refractivity contribution is 6.12. The van der Waals surface area contributed by atoms with Crippen LogP contribution >= 0.6 is 0 Å². The first-order valence-corrected chi connectivity index (χ1v) is 15.1. The molecule has 0 N–H and O–H groups in total. The summed E-state index contributed by atoms with van der Waals surface area (Å²) < 4.78 is 4.58. The summed E-state index contributed by atoms with van der Waals surface area (Å²) in [4.78, 5) is 0. The summed E-state index contributed by atoms with van der Waals surface area (Å²) in [6.07, 6.45) is 11.1. The molecular weight excluding hydrogens is 508 g/mol. The summed E-state index contributed by atoms with van der Waals surface area (Å²) in [5, 5.41) is 5.09. The Morgan fingerprint density at radius 2 is 1.10 bits per heavy atom. The fourth-order valence-corrected chi connectivity index (χ4v) is 5.21. The van der Waals surface area contributed by atoms with Crippen molar-refractivity contribution in [1.29, 1.82) is 0 Å². The third kappa shape index (κ3) is 6.34. The topological polar surface area (TPSA) is 9.86 Å². The van der Waals surface area contributed by atoms with E-state index in [9.17, 15) is 0 Å². The quantitative estimate of drug-likeness (QED) is 0.151. The molecule has 0 aliphatic carbocycles. The van der Waals surface area contributed by atoms with Gasteiger partial charge >= 0.3 is 0 Å². The van der Waals surface area contributed by atoms with E-state index in [2.05, 4.69) is 140 Å². The Labute approximate surface area is 252 Å². The van der Waals surface area contributed by atoms with E-state index in [-0.39, 0.29) is 0 Å². The molecule has 2 aromatic heterocycles. The van der Waals surface area contributed by atoms with Gasteiger partial charge in [-0.05, 0) is 73.5 Å². The number of rotatable bonds is 4. The molecule has 2 nitrogen and oxygen atoms in total. The van der Waals surface area contributed by atoms with Gasteiger partial charge < -0.3 is 9.13 Å². The van der Waals surface area contributed by atoms with Gasteiger partial charge in [0.25, 0.3) is 0 Å². The monoisotopic (exact) mass is 554 g/mol. The second-order valence-corrected chi connectivity index (χ2v) is 9.83. The van der Waals surface area contributed by atoms with Crippen LogP contribution in [0.3, 0.4) is 0 Å². The van der Waals surface area contributed by atoms with Crippen molar-refractivity contribution in [3.05, 3.63) is 128 Å². The van der Waals surface area contributed by atoms with Gasteiger partial charge in [0.1, 0.15) is 0 Å². The van der Waals surface area contributed by atoms with E-state index < -0.39 is 0 Å². The zero-order chi connectivity index (χ0) is 30.6. The van der Waals surface area contributed by atoms with E-state index in [0.29, 0.717) is 0 Å². The summed E-state index contributed by atoms with van der Waals surface area (Å²) in [5.74, 6) is 0. The molecule has 6 aromatic rings. The van der Waals surface area contributed by atoms with Crippen molar-refractivity contribution in [2.75, 3.05) is 0 Å². The zero-order valence-corrected chi connectivity index (χ0v) is 26.5. The number of para-hydroxylation sites is 2. The number of nitrogens with zero attached hydrogens (tertiary/aromatic N) is 2. The summed E-state index contributed by atoms with van der Waals surface area (Å²) in [7, 11) is 2.14. The van der Waals surface area contributed by atoms with Gasteiger partial charge in [-0.15, -0.1) is 6.58 Å². The molecule has 0 atom stereocenters. The summed E-state index contributed by atoms with van der Waals surface area (Å²) in [5.41, 5.74) is 8.42. The van der Waals surface area contributed by atoms with Crippen molar-refractivity contribution in [3.8, 4) is 11.1 Å². The van der Waals surface area contributed by atoms with Gasteiger partial charge in [0, 0.05) is 45.3 Å². The molecule has 2 heterocycles. The van der Waals surface area contributed by atoms with E-state index in [4.69, 9.17) is 0 Å². The smallest absolute Gasteiger partial charge is 0.0541 e. The van der Waals surface area contributed by atoms with Crippen LogP contribution in [0.25, 0.3) is 60.4 Å². The molecule has 0 amide bonds. The highest BCUT2D eigenvalue weighted by Crippen LogP contribution is 2.37. The lowest BCUT2D eigenvalue weighted by molar-refractivity contribution is 1.01. The molecular formula is C40H46N2. The zero-order valence-electron chi connectivity index (χ0n) is 26.5. The standard InChI is InChI=1S/C32H26N2.C3H8.C3H6.C2H6/c1-4-6-11-24(5-2)34-31-15-10-8-13-26(31)28-21-23(17-19-32(28)34)22-16-18-30-27(20-22)25-12-7-9-14-29(25)33(30)3;2*1-3-2;1-2/h4-21H,2H2,1,3H3;3H2,1-2H3;3H,1H2,2H3;1-2H3/b6-4-,24-11+;;;. The maximum Gasteiger partial charge on any atom is 0.0541 e. The molecule has 0 bridgehead atoms. The van der Waals surface area contributed by atoms with E-state index in [1.807, 2.05) is 39.8 Å². The first kappa shape index (κ1) is 32.0. The van der Waals surface area contributed by atoms with Crippen molar-refractivity contribution in [3.63, 3.8) is 0 Å². The third-order valence-corrected chi connectivity index (χ3v) is 6.85. The number of hydrogen-bond acceptors (Lipinski definition) is 0. The highest BCUT2D eigenvalue weighted by atomic mass is 15.0. The van der Waals surface area contributed by atoms with Crippen LogP contribution in [0, 0.1) is 0 Å². The number of hydrogen-bond donors (Lipinski definition) is 0. The van der Waals surface area contributed by atoms with Crippen LogP contribution < -0.4 is 0 Å². The van der Waals surface area contributed by atoms with Crippen LogP contribution in [0.4, 0.5) is 0 Å². The Hall–Kier alpha value is -4.56. The Balaban J connectivity index is 0.000000550. The fraction of sp³-hybridized carbons (Fsp3) is 0.200. The maximum atomic E-state index is 4.08. The molecule has 4 aromatic carbocycles. The van der Waals surface area contributed by atoms with Gasteiger partial charge in [0.2, 0.25) is 0 Å². The van der Waals surface area contributed by atoms with Crippen LogP contribution in [-0.4, -0.2) is 9.13 Å². The van der Waals surface area contributed by atoms with E-state index in [1.165, 1.54) is 61.2 Å². The lowest BCUT2D eigenvalue weighted by atomic mass is 10.0. The predicted octanol–water partition coefficient (Wildman–Crippen LogP) is 12.3. The maximum absolute atomic E-state index is 4.08. The lowest BCUT2D eigenvalue weighted by Crippen LogP contribution is -1.93. The van der Waals surface area contributed by atoms with Crippen LogP contribution in [-0.2, 0) is 7.05 Å². The van der Waals surface area contributed by atoms with Crippen molar-refractivity contribution in [1.82, 2.24) is 9.13 Å². The second kappa shape index (κ2) is 15.4. The summed E-state index contributed by atoms with van der Waals surface area (Å²) in [6, 6.07) is 30.9. The fourth-order valence-electron chi connectivity index (χ4n) is 5.21. The number of allylic oxidation sites excluding steroid dienone is 6. The average Bonchev–Trinajstić information content (AvgIpc) is 3.51. The molecule has 0 aliphatic rings. The molecule has 0 fully saturated rings. The SMILES string of the molecule is C=C/C(=C\C=C/C)n1c2ccccc2c2cc(-c3ccc4c(c3)c3ccccc3n4C)ccc21.C=CC.CC.CCC. The first-order valence-electron chi connectivity index (χ1n) is 15.1. The minimum Gasteiger partial charge on any atom is -0.344 e. The lowest BCUT2D eigenvalue weighted by Gasteiger charge is -2.09. The Morgan fingerprint density at radius 1 is 0.667 bits per heavy atom. The molecule has 42 heavy (non-hydrogen) atoms. The van der Waals surface area contributed by atoms with E-state index in [1.54, 1.807) is 6.08 Å². The second-order valence-electron chi connectivity index (χ2n) is 9.83. The Morgan fingerprint density at radius 3 is 1.64 bits per heavy atom. The highest BCUT2D eigenvalue weighted by Gasteiger charge is 2.14. The minimum absolute atomic E-state index is 1.06. The largest absolute Gasteiger partial charge is 0.344 e. The number of benzene rings is 4. The van der Waals surface area contributed by atoms with Gasteiger partial charge in [-0.25, -0.2) is 0 Å². The number of aromatic nitrogens is 2. The predicted molar refractivity (Wildman–Crippen MR) is 191 cm³/mol. The van der Waals surface area contributed by atoms with Crippen molar-refractivity contribution < 1.29 is 0 Å². The first-order chi connectivity index (χ1) is 20.5. The summed E-state index contributed by atoms with van der Waals surface area (Å²) >= 11 is 0. The third-order valence-electron chi connectivity index (χ3n) is 6.85. The minimum atomic E-state index is 1.06. The van der Waals surface area contributed by atoms with Gasteiger partial charge in [-0.2, -0.15) is 0 Å². The van der Waals surface area contributed by atoms with Crippen LogP contribution in [0.5, 0.6) is 0 Å². The number of fused-ring (bicyclic) bond motifs is 6.